The smallest absolute Gasteiger partial charge is 0.231 e. The van der Waals surface area contributed by atoms with Crippen LogP contribution in [0.2, 0.25) is 5.02 Å². The van der Waals surface area contributed by atoms with E-state index in [1.807, 2.05) is 6.07 Å². The summed E-state index contributed by atoms with van der Waals surface area (Å²) in [6, 6.07) is 8.85. The van der Waals surface area contributed by atoms with Crippen molar-refractivity contribution in [2.24, 2.45) is 0 Å². The molecule has 23 heavy (non-hydrogen) atoms. The molecule has 1 aliphatic heterocycles. The van der Waals surface area contributed by atoms with Gasteiger partial charge >= 0.3 is 0 Å². The third kappa shape index (κ3) is 2.80. The van der Waals surface area contributed by atoms with Crippen molar-refractivity contribution in [2.75, 3.05) is 12.1 Å². The molecule has 0 saturated heterocycles. The maximum absolute atomic E-state index is 12.2. The summed E-state index contributed by atoms with van der Waals surface area (Å²) in [4.78, 5) is 16.6. The monoisotopic (exact) mass is 329 g/mol. The molecule has 4 rings (SSSR count). The van der Waals surface area contributed by atoms with Crippen molar-refractivity contribution in [1.29, 1.82) is 0 Å². The van der Waals surface area contributed by atoms with E-state index < -0.39 is 0 Å². The second-order valence-corrected chi connectivity index (χ2v) is 5.57. The number of imidazole rings is 1. The van der Waals surface area contributed by atoms with Gasteiger partial charge in [0.25, 0.3) is 0 Å². The van der Waals surface area contributed by atoms with E-state index in [4.69, 9.17) is 21.1 Å². The number of hydrogen-bond donors (Lipinski definition) is 1. The molecule has 3 aromatic rings. The Kier molecular flexibility index (Phi) is 3.31. The van der Waals surface area contributed by atoms with Gasteiger partial charge in [0.15, 0.2) is 11.5 Å². The molecule has 6 nitrogen and oxygen atoms in total. The minimum Gasteiger partial charge on any atom is -0.454 e. The van der Waals surface area contributed by atoms with Crippen LogP contribution < -0.4 is 14.8 Å². The van der Waals surface area contributed by atoms with Gasteiger partial charge in [-0.15, -0.1) is 0 Å². The average Bonchev–Trinajstić information content (AvgIpc) is 3.11. The molecule has 1 amide bonds. The lowest BCUT2D eigenvalue weighted by molar-refractivity contribution is -0.115. The van der Waals surface area contributed by atoms with Gasteiger partial charge in [0, 0.05) is 24.1 Å². The summed E-state index contributed by atoms with van der Waals surface area (Å²) in [5.41, 5.74) is 2.08. The molecule has 1 aliphatic rings. The number of pyridine rings is 1. The molecule has 0 aliphatic carbocycles. The van der Waals surface area contributed by atoms with Gasteiger partial charge < -0.3 is 19.2 Å². The summed E-state index contributed by atoms with van der Waals surface area (Å²) in [6.07, 6.45) is 3.72. The van der Waals surface area contributed by atoms with Gasteiger partial charge in [0.2, 0.25) is 12.7 Å². The Morgan fingerprint density at radius 1 is 1.22 bits per heavy atom. The van der Waals surface area contributed by atoms with E-state index in [1.54, 1.807) is 41.1 Å². The summed E-state index contributed by atoms with van der Waals surface area (Å²) in [7, 11) is 0. The highest BCUT2D eigenvalue weighted by Crippen LogP contribution is 2.34. The second kappa shape index (κ2) is 5.48. The van der Waals surface area contributed by atoms with Gasteiger partial charge in [0.1, 0.15) is 5.65 Å². The summed E-state index contributed by atoms with van der Waals surface area (Å²) in [6.45, 7) is 0.205. The van der Waals surface area contributed by atoms with Crippen LogP contribution in [0.5, 0.6) is 11.5 Å². The number of benzene rings is 1. The SMILES string of the molecule is O=C(Cc1cn2cc(Cl)ccc2n1)Nc1ccc2c(c1)OCO2. The lowest BCUT2D eigenvalue weighted by Gasteiger charge is -2.05. The number of halogens is 1. The van der Waals surface area contributed by atoms with Gasteiger partial charge in [-0.3, -0.25) is 4.79 Å². The molecule has 116 valence electrons. The summed E-state index contributed by atoms with van der Waals surface area (Å²) in [5, 5.41) is 3.44. The molecular formula is C16H12ClN3O3. The number of carbonyl (C=O) groups is 1. The van der Waals surface area contributed by atoms with Gasteiger partial charge in [0.05, 0.1) is 17.1 Å². The maximum atomic E-state index is 12.2. The van der Waals surface area contributed by atoms with Crippen molar-refractivity contribution >= 4 is 28.8 Å². The average molecular weight is 330 g/mol. The van der Waals surface area contributed by atoms with Crippen molar-refractivity contribution < 1.29 is 14.3 Å². The fourth-order valence-electron chi connectivity index (χ4n) is 2.45. The van der Waals surface area contributed by atoms with Crippen LogP contribution in [0, 0.1) is 0 Å². The van der Waals surface area contributed by atoms with Crippen LogP contribution in [0.25, 0.3) is 5.65 Å². The Labute approximate surface area is 136 Å². The fraction of sp³-hybridized carbons (Fsp3) is 0.125. The predicted molar refractivity (Wildman–Crippen MR) is 85.1 cm³/mol. The number of ether oxygens (including phenoxy) is 2. The quantitative estimate of drug-likeness (QED) is 0.802. The highest BCUT2D eigenvalue weighted by molar-refractivity contribution is 6.30. The van der Waals surface area contributed by atoms with Gasteiger partial charge in [-0.05, 0) is 24.3 Å². The van der Waals surface area contributed by atoms with Crippen molar-refractivity contribution in [2.45, 2.75) is 6.42 Å². The first-order chi connectivity index (χ1) is 11.2. The Bertz CT molecular complexity index is 907. The number of hydrogen-bond acceptors (Lipinski definition) is 4. The third-order valence-corrected chi connectivity index (χ3v) is 3.69. The molecule has 0 radical (unpaired) electrons. The van der Waals surface area contributed by atoms with Crippen molar-refractivity contribution in [1.82, 2.24) is 9.38 Å². The number of aromatic nitrogens is 2. The molecule has 1 aromatic carbocycles. The number of anilines is 1. The summed E-state index contributed by atoms with van der Waals surface area (Å²) >= 11 is 5.94. The molecule has 1 N–H and O–H groups in total. The van der Waals surface area contributed by atoms with E-state index in [9.17, 15) is 4.79 Å². The molecular weight excluding hydrogens is 318 g/mol. The zero-order valence-corrected chi connectivity index (χ0v) is 12.7. The molecule has 0 bridgehead atoms. The van der Waals surface area contributed by atoms with Crippen LogP contribution in [0.15, 0.2) is 42.7 Å². The maximum Gasteiger partial charge on any atom is 0.231 e. The van der Waals surface area contributed by atoms with E-state index in [1.165, 1.54) is 0 Å². The summed E-state index contributed by atoms with van der Waals surface area (Å²) < 4.78 is 12.3. The second-order valence-electron chi connectivity index (χ2n) is 5.14. The minimum absolute atomic E-state index is 0.154. The zero-order valence-electron chi connectivity index (χ0n) is 12.0. The van der Waals surface area contributed by atoms with E-state index >= 15 is 0 Å². The Hall–Kier alpha value is -2.73. The third-order valence-electron chi connectivity index (χ3n) is 3.46. The van der Waals surface area contributed by atoms with Crippen LogP contribution in [-0.4, -0.2) is 22.1 Å². The first-order valence-electron chi connectivity index (χ1n) is 7.00. The first kappa shape index (κ1) is 13.9. The van der Waals surface area contributed by atoms with Crippen LogP contribution in [0.1, 0.15) is 5.69 Å². The molecule has 0 saturated carbocycles. The van der Waals surface area contributed by atoms with Crippen LogP contribution >= 0.6 is 11.6 Å². The number of nitrogens with zero attached hydrogens (tertiary/aromatic N) is 2. The largest absolute Gasteiger partial charge is 0.454 e. The molecule has 0 atom stereocenters. The minimum atomic E-state index is -0.154. The fourth-order valence-corrected chi connectivity index (χ4v) is 2.61. The normalized spacial score (nSPS) is 12.6. The highest BCUT2D eigenvalue weighted by atomic mass is 35.5. The zero-order chi connectivity index (χ0) is 15.8. The van der Waals surface area contributed by atoms with Crippen molar-refractivity contribution in [3.63, 3.8) is 0 Å². The number of nitrogens with one attached hydrogen (secondary N) is 1. The van der Waals surface area contributed by atoms with Gasteiger partial charge in [-0.2, -0.15) is 0 Å². The molecule has 0 fully saturated rings. The molecule has 2 aromatic heterocycles. The van der Waals surface area contributed by atoms with Crippen LogP contribution in [-0.2, 0) is 11.2 Å². The molecule has 0 unspecified atom stereocenters. The van der Waals surface area contributed by atoms with E-state index in [0.717, 1.165) is 5.65 Å². The number of fused-ring (bicyclic) bond motifs is 2. The standard InChI is InChI=1S/C16H12ClN3O3/c17-10-1-4-15-18-12(8-20(15)7-10)6-16(21)19-11-2-3-13-14(5-11)23-9-22-13/h1-5,7-8H,6,9H2,(H,19,21). The van der Waals surface area contributed by atoms with Crippen molar-refractivity contribution in [3.8, 4) is 11.5 Å². The Morgan fingerprint density at radius 3 is 3.00 bits per heavy atom. The number of carbonyl (C=O) groups excluding carboxylic acids is 1. The van der Waals surface area contributed by atoms with E-state index in [0.29, 0.717) is 27.9 Å². The molecule has 3 heterocycles. The van der Waals surface area contributed by atoms with Crippen LogP contribution in [0.4, 0.5) is 5.69 Å². The Balaban J connectivity index is 1.48. The topological polar surface area (TPSA) is 64.9 Å². The van der Waals surface area contributed by atoms with Crippen molar-refractivity contribution in [3.05, 3.63) is 53.4 Å². The molecule has 0 spiro atoms. The predicted octanol–water partition coefficient (Wildman–Crippen LogP) is 2.90. The lowest BCUT2D eigenvalue weighted by atomic mass is 10.2. The Morgan fingerprint density at radius 2 is 2.09 bits per heavy atom. The van der Waals surface area contributed by atoms with E-state index in [-0.39, 0.29) is 19.1 Å². The number of rotatable bonds is 3. The lowest BCUT2D eigenvalue weighted by Crippen LogP contribution is -2.14. The van der Waals surface area contributed by atoms with Gasteiger partial charge in [-0.25, -0.2) is 4.98 Å². The number of amides is 1. The highest BCUT2D eigenvalue weighted by Gasteiger charge is 2.14. The van der Waals surface area contributed by atoms with Gasteiger partial charge in [-0.1, -0.05) is 11.6 Å². The molecule has 7 heteroatoms. The first-order valence-corrected chi connectivity index (χ1v) is 7.38. The van der Waals surface area contributed by atoms with Crippen LogP contribution in [0.3, 0.4) is 0 Å². The van der Waals surface area contributed by atoms with E-state index in [2.05, 4.69) is 10.3 Å². The summed E-state index contributed by atoms with van der Waals surface area (Å²) in [5.74, 6) is 1.16.